The Bertz CT molecular complexity index is 559. The highest BCUT2D eigenvalue weighted by atomic mass is 35.5. The van der Waals surface area contributed by atoms with Gasteiger partial charge < -0.3 is 9.47 Å². The van der Waals surface area contributed by atoms with Crippen LogP contribution in [0.1, 0.15) is 50.5 Å². The average molecular weight is 353 g/mol. The van der Waals surface area contributed by atoms with Crippen molar-refractivity contribution in [3.63, 3.8) is 0 Å². The molecule has 2 fully saturated rings. The van der Waals surface area contributed by atoms with Crippen LogP contribution in [0.3, 0.4) is 0 Å². The third kappa shape index (κ3) is 4.38. The molecule has 2 aliphatic rings. The van der Waals surface area contributed by atoms with Gasteiger partial charge >= 0.3 is 0 Å². The van der Waals surface area contributed by atoms with Crippen molar-refractivity contribution in [2.75, 3.05) is 13.2 Å². The molecule has 1 saturated heterocycles. The maximum absolute atomic E-state index is 13.7. The Labute approximate surface area is 149 Å². The topological polar surface area (TPSA) is 18.5 Å². The first kappa shape index (κ1) is 17.9. The molecule has 132 valence electrons. The standard InChI is InChI=1S/C20H26ClFO2/c1-2-3-4-14-12-23-20(24-13-14)16-7-5-15(6-8-16)17-9-10-18(21)19(22)11-17/h2-3,9-11,14-16,20H,4-8,12-13H2,1H3/b3-2+. The summed E-state index contributed by atoms with van der Waals surface area (Å²) in [6.07, 6.45) is 9.46. The SMILES string of the molecule is C/C=C/CC1COC(C2CCC(c3ccc(Cl)c(F)c3)CC2)OC1. The summed E-state index contributed by atoms with van der Waals surface area (Å²) < 4.78 is 25.6. The normalized spacial score (nSPS) is 31.5. The zero-order valence-corrected chi connectivity index (χ0v) is 15.0. The summed E-state index contributed by atoms with van der Waals surface area (Å²) >= 11 is 5.78. The summed E-state index contributed by atoms with van der Waals surface area (Å²) in [4.78, 5) is 0. The molecule has 0 atom stereocenters. The van der Waals surface area contributed by atoms with Crippen molar-refractivity contribution in [3.05, 3.63) is 46.8 Å². The molecule has 0 N–H and O–H groups in total. The van der Waals surface area contributed by atoms with E-state index in [-0.39, 0.29) is 17.1 Å². The second-order valence-electron chi connectivity index (χ2n) is 6.99. The molecule has 0 aromatic heterocycles. The lowest BCUT2D eigenvalue weighted by molar-refractivity contribution is -0.228. The van der Waals surface area contributed by atoms with Crippen molar-refractivity contribution in [2.45, 2.75) is 51.2 Å². The second-order valence-corrected chi connectivity index (χ2v) is 7.40. The van der Waals surface area contributed by atoms with Gasteiger partial charge in [0.05, 0.1) is 18.2 Å². The van der Waals surface area contributed by atoms with Crippen molar-refractivity contribution in [1.82, 2.24) is 0 Å². The number of hydrogen-bond donors (Lipinski definition) is 0. The molecule has 1 saturated carbocycles. The third-order valence-corrected chi connectivity index (χ3v) is 5.58. The zero-order chi connectivity index (χ0) is 16.9. The predicted octanol–water partition coefficient (Wildman–Crippen LogP) is 5.71. The van der Waals surface area contributed by atoms with Gasteiger partial charge in [0, 0.05) is 11.8 Å². The van der Waals surface area contributed by atoms with Gasteiger partial charge in [-0.1, -0.05) is 29.8 Å². The summed E-state index contributed by atoms with van der Waals surface area (Å²) in [5.41, 5.74) is 1.06. The third-order valence-electron chi connectivity index (χ3n) is 5.27. The van der Waals surface area contributed by atoms with Crippen molar-refractivity contribution in [3.8, 4) is 0 Å². The van der Waals surface area contributed by atoms with Crippen LogP contribution in [0.5, 0.6) is 0 Å². The minimum Gasteiger partial charge on any atom is -0.352 e. The Kier molecular flexibility index (Phi) is 6.31. The van der Waals surface area contributed by atoms with Crippen LogP contribution < -0.4 is 0 Å². The van der Waals surface area contributed by atoms with Gasteiger partial charge in [-0.05, 0) is 62.6 Å². The maximum atomic E-state index is 13.7. The molecule has 0 unspecified atom stereocenters. The van der Waals surface area contributed by atoms with Crippen LogP contribution in [0.15, 0.2) is 30.4 Å². The molecule has 3 rings (SSSR count). The van der Waals surface area contributed by atoms with Gasteiger partial charge in [0.2, 0.25) is 0 Å². The first-order chi connectivity index (χ1) is 11.7. The van der Waals surface area contributed by atoms with Crippen LogP contribution in [0, 0.1) is 17.7 Å². The van der Waals surface area contributed by atoms with Crippen LogP contribution in [0.4, 0.5) is 4.39 Å². The largest absolute Gasteiger partial charge is 0.352 e. The number of hydrogen-bond acceptors (Lipinski definition) is 2. The van der Waals surface area contributed by atoms with E-state index in [0.29, 0.717) is 17.8 Å². The van der Waals surface area contributed by atoms with Crippen molar-refractivity contribution >= 4 is 11.6 Å². The smallest absolute Gasteiger partial charge is 0.160 e. The van der Waals surface area contributed by atoms with Gasteiger partial charge in [-0.2, -0.15) is 0 Å². The summed E-state index contributed by atoms with van der Waals surface area (Å²) in [5.74, 6) is 1.04. The molecule has 0 radical (unpaired) electrons. The van der Waals surface area contributed by atoms with Gasteiger partial charge in [0.15, 0.2) is 6.29 Å². The van der Waals surface area contributed by atoms with E-state index >= 15 is 0 Å². The highest BCUT2D eigenvalue weighted by Crippen LogP contribution is 2.39. The fourth-order valence-electron chi connectivity index (χ4n) is 3.79. The molecule has 0 bridgehead atoms. The monoisotopic (exact) mass is 352 g/mol. The first-order valence-corrected chi connectivity index (χ1v) is 9.34. The molecule has 1 aromatic rings. The van der Waals surface area contributed by atoms with Gasteiger partial charge in [-0.25, -0.2) is 4.39 Å². The van der Waals surface area contributed by atoms with Crippen LogP contribution in [0.25, 0.3) is 0 Å². The van der Waals surface area contributed by atoms with Gasteiger partial charge in [0.25, 0.3) is 0 Å². The summed E-state index contributed by atoms with van der Waals surface area (Å²) in [6.45, 7) is 3.62. The van der Waals surface area contributed by atoms with Gasteiger partial charge in [-0.3, -0.25) is 0 Å². The summed E-state index contributed by atoms with van der Waals surface area (Å²) in [6, 6.07) is 5.21. The molecule has 24 heavy (non-hydrogen) atoms. The van der Waals surface area contributed by atoms with Crippen LogP contribution in [-0.2, 0) is 9.47 Å². The maximum Gasteiger partial charge on any atom is 0.160 e. The second kappa shape index (κ2) is 8.46. The van der Waals surface area contributed by atoms with Crippen molar-refractivity contribution in [1.29, 1.82) is 0 Å². The van der Waals surface area contributed by atoms with E-state index in [2.05, 4.69) is 12.2 Å². The van der Waals surface area contributed by atoms with E-state index in [1.54, 1.807) is 12.1 Å². The van der Waals surface area contributed by atoms with Crippen molar-refractivity contribution in [2.24, 2.45) is 11.8 Å². The Hall–Kier alpha value is -0.900. The zero-order valence-electron chi connectivity index (χ0n) is 14.2. The Morgan fingerprint density at radius 3 is 2.50 bits per heavy atom. The summed E-state index contributed by atoms with van der Waals surface area (Å²) in [5, 5.41) is 0.198. The van der Waals surface area contributed by atoms with Gasteiger partial charge in [0.1, 0.15) is 5.82 Å². The highest BCUT2D eigenvalue weighted by Gasteiger charge is 2.32. The molecular formula is C20H26ClFO2. The average Bonchev–Trinajstić information content (AvgIpc) is 2.63. The molecule has 4 heteroatoms. The minimum atomic E-state index is -0.317. The van der Waals surface area contributed by atoms with Crippen molar-refractivity contribution < 1.29 is 13.9 Å². The fraction of sp³-hybridized carbons (Fsp3) is 0.600. The molecule has 2 nitrogen and oxygen atoms in total. The lowest BCUT2D eigenvalue weighted by Crippen LogP contribution is -2.38. The molecule has 1 heterocycles. The lowest BCUT2D eigenvalue weighted by Gasteiger charge is -2.37. The Morgan fingerprint density at radius 2 is 1.88 bits per heavy atom. The number of allylic oxidation sites excluding steroid dienone is 2. The van der Waals surface area contributed by atoms with Gasteiger partial charge in [-0.15, -0.1) is 0 Å². The molecule has 1 aromatic carbocycles. The van der Waals surface area contributed by atoms with E-state index in [4.69, 9.17) is 21.1 Å². The fourth-order valence-corrected chi connectivity index (χ4v) is 3.90. The van der Waals surface area contributed by atoms with E-state index in [1.807, 2.05) is 13.0 Å². The highest BCUT2D eigenvalue weighted by molar-refractivity contribution is 6.30. The molecule has 0 spiro atoms. The van der Waals surface area contributed by atoms with E-state index in [1.165, 1.54) is 0 Å². The number of rotatable bonds is 4. The number of benzene rings is 1. The first-order valence-electron chi connectivity index (χ1n) is 8.96. The minimum absolute atomic E-state index is 0.0604. The molecule has 0 amide bonds. The van der Waals surface area contributed by atoms with E-state index < -0.39 is 0 Å². The number of halogens is 2. The number of ether oxygens (including phenoxy) is 2. The van der Waals surface area contributed by atoms with Crippen LogP contribution in [0.2, 0.25) is 5.02 Å². The van der Waals surface area contributed by atoms with E-state index in [0.717, 1.165) is 50.9 Å². The van der Waals surface area contributed by atoms with Crippen LogP contribution in [-0.4, -0.2) is 19.5 Å². The lowest BCUT2D eigenvalue weighted by atomic mass is 9.78. The molecular weight excluding hydrogens is 327 g/mol. The Morgan fingerprint density at radius 1 is 1.17 bits per heavy atom. The summed E-state index contributed by atoms with van der Waals surface area (Å²) in [7, 11) is 0. The van der Waals surface area contributed by atoms with Crippen LogP contribution >= 0.6 is 11.6 Å². The Balaban J connectivity index is 1.48. The molecule has 1 aliphatic carbocycles. The molecule has 1 aliphatic heterocycles. The predicted molar refractivity (Wildman–Crippen MR) is 94.7 cm³/mol. The van der Waals surface area contributed by atoms with E-state index in [9.17, 15) is 4.39 Å². The quantitative estimate of drug-likeness (QED) is 0.646.